The maximum atomic E-state index is 11.0. The molecule has 0 bridgehead atoms. The molecular formula is C11H19NO7. The van der Waals surface area contributed by atoms with Crippen molar-refractivity contribution in [2.24, 2.45) is 0 Å². The summed E-state index contributed by atoms with van der Waals surface area (Å²) in [5, 5.41) is 19.1. The Kier molecular flexibility index (Phi) is 6.74. The normalized spacial score (nSPS) is 30.7. The predicted molar refractivity (Wildman–Crippen MR) is 62.9 cm³/mol. The van der Waals surface area contributed by atoms with Gasteiger partial charge in [0, 0.05) is 13.5 Å². The zero-order chi connectivity index (χ0) is 14.3. The summed E-state index contributed by atoms with van der Waals surface area (Å²) in [7, 11) is 1.36. The minimum atomic E-state index is -1.10. The maximum Gasteiger partial charge on any atom is 0.528 e. The molecule has 1 aliphatic rings. The fourth-order valence-corrected chi connectivity index (χ4v) is 1.59. The highest BCUT2D eigenvalue weighted by Crippen LogP contribution is 2.20. The van der Waals surface area contributed by atoms with Crippen molar-refractivity contribution in [2.45, 2.75) is 31.0 Å². The van der Waals surface area contributed by atoms with Gasteiger partial charge < -0.3 is 29.3 Å². The van der Waals surface area contributed by atoms with E-state index in [1.54, 1.807) is 0 Å². The lowest BCUT2D eigenvalue weighted by Crippen LogP contribution is -2.51. The molecule has 8 nitrogen and oxygen atoms in total. The average Bonchev–Trinajstić information content (AvgIpc) is 2.40. The minimum absolute atomic E-state index is 0.0527. The van der Waals surface area contributed by atoms with Crippen molar-refractivity contribution in [3.05, 3.63) is 12.7 Å². The second-order valence-corrected chi connectivity index (χ2v) is 3.96. The van der Waals surface area contributed by atoms with E-state index in [1.165, 1.54) is 13.2 Å². The fourth-order valence-electron chi connectivity index (χ4n) is 1.59. The van der Waals surface area contributed by atoms with Crippen LogP contribution in [-0.2, 0) is 19.0 Å². The van der Waals surface area contributed by atoms with Crippen LogP contribution >= 0.6 is 0 Å². The molecule has 0 saturated carbocycles. The summed E-state index contributed by atoms with van der Waals surface area (Å²) in [4.78, 5) is 15.5. The number of ether oxygens (including phenoxy) is 3. The minimum Gasteiger partial charge on any atom is -0.429 e. The first kappa shape index (κ1) is 15.9. The maximum absolute atomic E-state index is 11.0. The van der Waals surface area contributed by atoms with Crippen molar-refractivity contribution >= 4 is 6.16 Å². The zero-order valence-corrected chi connectivity index (χ0v) is 10.7. The van der Waals surface area contributed by atoms with Crippen LogP contribution in [0.3, 0.4) is 0 Å². The first-order chi connectivity index (χ1) is 9.08. The Morgan fingerprint density at radius 3 is 2.95 bits per heavy atom. The van der Waals surface area contributed by atoms with Crippen molar-refractivity contribution in [3.63, 3.8) is 0 Å². The van der Waals surface area contributed by atoms with E-state index < -0.39 is 30.8 Å². The molecule has 1 saturated heterocycles. The van der Waals surface area contributed by atoms with E-state index in [0.717, 1.165) is 0 Å². The Morgan fingerprint density at radius 1 is 1.58 bits per heavy atom. The quantitative estimate of drug-likeness (QED) is 0.333. The molecule has 1 rings (SSSR count). The van der Waals surface area contributed by atoms with Gasteiger partial charge in [0.15, 0.2) is 6.29 Å². The molecule has 0 unspecified atom stereocenters. The van der Waals surface area contributed by atoms with Crippen LogP contribution in [0.25, 0.3) is 0 Å². The van der Waals surface area contributed by atoms with E-state index in [-0.39, 0.29) is 19.6 Å². The van der Waals surface area contributed by atoms with Crippen molar-refractivity contribution in [2.75, 3.05) is 20.3 Å². The standard InChI is InChI=1S/C11H19NO7/c1-3-4-17-11(15)19-12-6-7-5-8(13)9(14)10(16-2)18-7/h3,7-10,12-14H,1,4-6H2,2H3/t7-,8-,9+,10-/m0/s1. The lowest BCUT2D eigenvalue weighted by Gasteiger charge is -2.35. The highest BCUT2D eigenvalue weighted by molar-refractivity contribution is 5.59. The lowest BCUT2D eigenvalue weighted by molar-refractivity contribution is -0.258. The second-order valence-electron chi connectivity index (χ2n) is 3.96. The average molecular weight is 277 g/mol. The van der Waals surface area contributed by atoms with E-state index in [2.05, 4.69) is 21.6 Å². The largest absolute Gasteiger partial charge is 0.528 e. The van der Waals surface area contributed by atoms with Gasteiger partial charge in [-0.2, -0.15) is 0 Å². The van der Waals surface area contributed by atoms with Gasteiger partial charge in [-0.3, -0.25) is 0 Å². The van der Waals surface area contributed by atoms with Gasteiger partial charge in [-0.1, -0.05) is 12.7 Å². The molecule has 0 amide bonds. The van der Waals surface area contributed by atoms with E-state index in [4.69, 9.17) is 9.47 Å². The van der Waals surface area contributed by atoms with Gasteiger partial charge in [0.1, 0.15) is 12.7 Å². The summed E-state index contributed by atoms with van der Waals surface area (Å²) in [5.74, 6) is 0. The number of aliphatic hydroxyl groups is 2. The summed E-state index contributed by atoms with van der Waals surface area (Å²) in [6, 6.07) is 0. The summed E-state index contributed by atoms with van der Waals surface area (Å²) >= 11 is 0. The molecule has 1 fully saturated rings. The summed E-state index contributed by atoms with van der Waals surface area (Å²) in [5.41, 5.74) is 2.36. The smallest absolute Gasteiger partial charge is 0.429 e. The fraction of sp³-hybridized carbons (Fsp3) is 0.727. The van der Waals surface area contributed by atoms with Crippen LogP contribution in [-0.4, -0.2) is 61.2 Å². The van der Waals surface area contributed by atoms with Crippen LogP contribution in [0.15, 0.2) is 12.7 Å². The van der Waals surface area contributed by atoms with E-state index in [9.17, 15) is 15.0 Å². The number of nitrogens with one attached hydrogen (secondary N) is 1. The number of methoxy groups -OCH3 is 1. The summed E-state index contributed by atoms with van der Waals surface area (Å²) < 4.78 is 14.8. The molecule has 110 valence electrons. The molecule has 3 N–H and O–H groups in total. The highest BCUT2D eigenvalue weighted by atomic mass is 16.8. The second kappa shape index (κ2) is 8.08. The Hall–Kier alpha value is -1.19. The van der Waals surface area contributed by atoms with E-state index in [0.29, 0.717) is 0 Å². The van der Waals surface area contributed by atoms with Crippen molar-refractivity contribution < 1.29 is 34.1 Å². The van der Waals surface area contributed by atoms with Crippen molar-refractivity contribution in [1.82, 2.24) is 5.48 Å². The van der Waals surface area contributed by atoms with Crippen molar-refractivity contribution in [3.8, 4) is 0 Å². The first-order valence-corrected chi connectivity index (χ1v) is 5.80. The summed E-state index contributed by atoms with van der Waals surface area (Å²) in [6.07, 6.45) is -2.72. The number of carbonyl (C=O) groups is 1. The molecule has 0 spiro atoms. The number of hydrogen-bond acceptors (Lipinski definition) is 8. The van der Waals surface area contributed by atoms with E-state index >= 15 is 0 Å². The third-order valence-electron chi connectivity index (χ3n) is 2.52. The van der Waals surface area contributed by atoms with Gasteiger partial charge in [-0.05, 0) is 0 Å². The predicted octanol–water partition coefficient (Wildman–Crippen LogP) is -0.687. The molecule has 4 atom stereocenters. The molecule has 0 aromatic heterocycles. The van der Waals surface area contributed by atoms with Crippen LogP contribution in [0, 0.1) is 0 Å². The first-order valence-electron chi connectivity index (χ1n) is 5.80. The van der Waals surface area contributed by atoms with Crippen LogP contribution in [0.5, 0.6) is 0 Å². The third-order valence-corrected chi connectivity index (χ3v) is 2.52. The third kappa shape index (κ3) is 5.13. The van der Waals surface area contributed by atoms with Gasteiger partial charge in [-0.15, -0.1) is 5.48 Å². The van der Waals surface area contributed by atoms with E-state index in [1.807, 2.05) is 0 Å². The van der Waals surface area contributed by atoms with Gasteiger partial charge in [0.05, 0.1) is 18.8 Å². The number of hydroxylamine groups is 1. The number of hydrogen-bond donors (Lipinski definition) is 3. The lowest BCUT2D eigenvalue weighted by atomic mass is 10.0. The Labute approximate surface area is 110 Å². The van der Waals surface area contributed by atoms with Crippen LogP contribution < -0.4 is 5.48 Å². The monoisotopic (exact) mass is 277 g/mol. The van der Waals surface area contributed by atoms with Crippen LogP contribution in [0.2, 0.25) is 0 Å². The van der Waals surface area contributed by atoms with Gasteiger partial charge >= 0.3 is 6.16 Å². The zero-order valence-electron chi connectivity index (χ0n) is 10.7. The molecule has 0 aliphatic carbocycles. The van der Waals surface area contributed by atoms with Crippen molar-refractivity contribution in [1.29, 1.82) is 0 Å². The van der Waals surface area contributed by atoms with Crippen LogP contribution in [0.1, 0.15) is 6.42 Å². The van der Waals surface area contributed by atoms with Gasteiger partial charge in [0.25, 0.3) is 0 Å². The Bertz CT molecular complexity index is 299. The molecule has 19 heavy (non-hydrogen) atoms. The highest BCUT2D eigenvalue weighted by Gasteiger charge is 2.36. The molecule has 0 aromatic rings. The number of rotatable bonds is 6. The molecule has 1 aliphatic heterocycles. The molecular weight excluding hydrogens is 258 g/mol. The summed E-state index contributed by atoms with van der Waals surface area (Å²) in [6.45, 7) is 3.57. The Morgan fingerprint density at radius 2 is 2.32 bits per heavy atom. The molecule has 8 heteroatoms. The SMILES string of the molecule is C=CCOC(=O)ONC[C@@H]1C[C@H](O)[C@@H](O)[C@@H](OC)O1. The molecule has 0 radical (unpaired) electrons. The molecule has 0 aromatic carbocycles. The Balaban J connectivity index is 2.25. The number of carbonyl (C=O) groups excluding carboxylic acids is 1. The van der Waals surface area contributed by atoms with Gasteiger partial charge in [-0.25, -0.2) is 4.79 Å². The van der Waals surface area contributed by atoms with Gasteiger partial charge in [0.2, 0.25) is 0 Å². The topological polar surface area (TPSA) is 106 Å². The molecule has 1 heterocycles. The number of aliphatic hydroxyl groups excluding tert-OH is 2. The van der Waals surface area contributed by atoms with Crippen LogP contribution in [0.4, 0.5) is 4.79 Å².